The molecule has 0 aromatic heterocycles. The Hall–Kier alpha value is -0.630. The van der Waals surface area contributed by atoms with Gasteiger partial charge in [-0.1, -0.05) is 43.6 Å². The van der Waals surface area contributed by atoms with Crippen molar-refractivity contribution in [3.05, 3.63) is 33.3 Å². The van der Waals surface area contributed by atoms with Crippen molar-refractivity contribution in [2.75, 3.05) is 0 Å². The first-order valence-corrected chi connectivity index (χ1v) is 6.05. The average Bonchev–Trinajstić information content (AvgIpc) is 2.16. The van der Waals surface area contributed by atoms with Crippen LogP contribution in [-0.4, -0.2) is 6.29 Å². The van der Waals surface area contributed by atoms with Gasteiger partial charge in [0.1, 0.15) is 6.29 Å². The van der Waals surface area contributed by atoms with Gasteiger partial charge >= 0.3 is 0 Å². The van der Waals surface area contributed by atoms with Crippen LogP contribution in [0.1, 0.15) is 61.0 Å². The molecule has 0 N–H and O–H groups in total. The molecule has 1 aromatic carbocycles. The number of benzene rings is 1. The Balaban J connectivity index is 3.35. The number of carbonyl (C=O) groups excluding carboxylic acids is 1. The summed E-state index contributed by atoms with van der Waals surface area (Å²) < 4.78 is 1.10. The predicted molar refractivity (Wildman–Crippen MR) is 67.7 cm³/mol. The quantitative estimate of drug-likeness (QED) is 0.738. The second-order valence-corrected chi connectivity index (χ2v) is 5.28. The lowest BCUT2D eigenvalue weighted by atomic mass is 9.93. The van der Waals surface area contributed by atoms with Crippen LogP contribution in [0.15, 0.2) is 16.6 Å². The molecule has 0 amide bonds. The molecule has 0 aliphatic heterocycles. The van der Waals surface area contributed by atoms with Gasteiger partial charge in [0, 0.05) is 10.0 Å². The van der Waals surface area contributed by atoms with Gasteiger partial charge in [0.15, 0.2) is 0 Å². The second kappa shape index (κ2) is 4.93. The highest BCUT2D eigenvalue weighted by Crippen LogP contribution is 2.30. The summed E-state index contributed by atoms with van der Waals surface area (Å²) in [5, 5.41) is 0. The SMILES string of the molecule is CC(C)c1cc(C=O)c(C(C)C)cc1Br. The van der Waals surface area contributed by atoms with Crippen LogP contribution >= 0.6 is 15.9 Å². The summed E-state index contributed by atoms with van der Waals surface area (Å²) in [7, 11) is 0. The Morgan fingerprint density at radius 1 is 1.07 bits per heavy atom. The fourth-order valence-electron chi connectivity index (χ4n) is 1.67. The Morgan fingerprint density at radius 3 is 2.00 bits per heavy atom. The molecule has 0 saturated carbocycles. The van der Waals surface area contributed by atoms with E-state index >= 15 is 0 Å². The van der Waals surface area contributed by atoms with Crippen molar-refractivity contribution < 1.29 is 4.79 Å². The minimum absolute atomic E-state index is 0.378. The molecule has 0 bridgehead atoms. The monoisotopic (exact) mass is 268 g/mol. The standard InChI is InChI=1S/C13H17BrO/c1-8(2)11-6-13(14)12(9(3)4)5-10(11)7-15/h5-9H,1-4H3. The number of hydrogen-bond acceptors (Lipinski definition) is 1. The third-order valence-corrected chi connectivity index (χ3v) is 3.26. The molecule has 0 saturated heterocycles. The first-order valence-electron chi connectivity index (χ1n) is 5.25. The van der Waals surface area contributed by atoms with E-state index in [0.29, 0.717) is 11.8 Å². The highest BCUT2D eigenvalue weighted by atomic mass is 79.9. The van der Waals surface area contributed by atoms with Crippen molar-refractivity contribution in [2.45, 2.75) is 39.5 Å². The van der Waals surface area contributed by atoms with E-state index in [2.05, 4.69) is 49.7 Å². The lowest BCUT2D eigenvalue weighted by Crippen LogP contribution is -1.99. The van der Waals surface area contributed by atoms with Gasteiger partial charge in [-0.3, -0.25) is 4.79 Å². The largest absolute Gasteiger partial charge is 0.298 e. The predicted octanol–water partition coefficient (Wildman–Crippen LogP) is 4.51. The Kier molecular flexibility index (Phi) is 4.09. The van der Waals surface area contributed by atoms with Crippen molar-refractivity contribution in [3.8, 4) is 0 Å². The van der Waals surface area contributed by atoms with E-state index in [1.54, 1.807) is 0 Å². The van der Waals surface area contributed by atoms with Crippen LogP contribution < -0.4 is 0 Å². The van der Waals surface area contributed by atoms with Crippen molar-refractivity contribution >= 4 is 22.2 Å². The zero-order valence-corrected chi connectivity index (χ0v) is 11.3. The summed E-state index contributed by atoms with van der Waals surface area (Å²) in [6, 6.07) is 4.07. The van der Waals surface area contributed by atoms with Crippen molar-refractivity contribution in [1.82, 2.24) is 0 Å². The Morgan fingerprint density at radius 2 is 1.60 bits per heavy atom. The molecular weight excluding hydrogens is 252 g/mol. The molecule has 0 radical (unpaired) electrons. The first-order chi connectivity index (χ1) is 6.97. The summed E-state index contributed by atoms with van der Waals surface area (Å²) in [6.07, 6.45) is 0.952. The van der Waals surface area contributed by atoms with Crippen LogP contribution in [-0.2, 0) is 0 Å². The van der Waals surface area contributed by atoms with Gasteiger partial charge in [-0.15, -0.1) is 0 Å². The number of rotatable bonds is 3. The van der Waals surface area contributed by atoms with E-state index in [1.807, 2.05) is 6.07 Å². The minimum Gasteiger partial charge on any atom is -0.298 e. The van der Waals surface area contributed by atoms with E-state index in [4.69, 9.17) is 0 Å². The van der Waals surface area contributed by atoms with Gasteiger partial charge in [-0.2, -0.15) is 0 Å². The minimum atomic E-state index is 0.378. The van der Waals surface area contributed by atoms with Crippen LogP contribution in [0, 0.1) is 0 Å². The van der Waals surface area contributed by atoms with Gasteiger partial charge in [-0.05, 0) is 35.1 Å². The number of halogens is 1. The Bertz CT molecular complexity index is 367. The molecule has 0 heterocycles. The number of carbonyl (C=O) groups is 1. The van der Waals surface area contributed by atoms with E-state index in [-0.39, 0.29) is 0 Å². The lowest BCUT2D eigenvalue weighted by molar-refractivity contribution is 0.112. The smallest absolute Gasteiger partial charge is 0.150 e. The highest BCUT2D eigenvalue weighted by molar-refractivity contribution is 9.10. The molecule has 0 unspecified atom stereocenters. The first kappa shape index (κ1) is 12.4. The van der Waals surface area contributed by atoms with E-state index in [1.165, 1.54) is 5.56 Å². The molecule has 1 nitrogen and oxygen atoms in total. The average molecular weight is 269 g/mol. The third-order valence-electron chi connectivity index (χ3n) is 2.57. The zero-order chi connectivity index (χ0) is 11.6. The van der Waals surface area contributed by atoms with Crippen LogP contribution in [0.4, 0.5) is 0 Å². The molecule has 0 spiro atoms. The Labute approximate surface area is 100 Å². The molecule has 0 atom stereocenters. The van der Waals surface area contributed by atoms with Crippen LogP contribution in [0.3, 0.4) is 0 Å². The van der Waals surface area contributed by atoms with E-state index in [9.17, 15) is 4.79 Å². The summed E-state index contributed by atoms with van der Waals surface area (Å²) in [6.45, 7) is 8.46. The van der Waals surface area contributed by atoms with Gasteiger partial charge < -0.3 is 0 Å². The van der Waals surface area contributed by atoms with E-state index < -0.39 is 0 Å². The summed E-state index contributed by atoms with van der Waals surface area (Å²) in [4.78, 5) is 11.0. The molecule has 82 valence electrons. The second-order valence-electron chi connectivity index (χ2n) is 4.43. The van der Waals surface area contributed by atoms with Gasteiger partial charge in [0.2, 0.25) is 0 Å². The van der Waals surface area contributed by atoms with E-state index in [0.717, 1.165) is 21.9 Å². The highest BCUT2D eigenvalue weighted by Gasteiger charge is 2.12. The number of hydrogen-bond donors (Lipinski definition) is 0. The summed E-state index contributed by atoms with van der Waals surface area (Å²) in [5.74, 6) is 0.807. The maximum absolute atomic E-state index is 11.0. The van der Waals surface area contributed by atoms with Gasteiger partial charge in [0.05, 0.1) is 0 Å². The van der Waals surface area contributed by atoms with Gasteiger partial charge in [0.25, 0.3) is 0 Å². The maximum atomic E-state index is 11.0. The van der Waals surface area contributed by atoms with Crippen LogP contribution in [0.5, 0.6) is 0 Å². The fourth-order valence-corrected chi connectivity index (χ4v) is 2.49. The maximum Gasteiger partial charge on any atom is 0.150 e. The summed E-state index contributed by atoms with van der Waals surface area (Å²) in [5.41, 5.74) is 3.12. The van der Waals surface area contributed by atoms with Gasteiger partial charge in [-0.25, -0.2) is 0 Å². The summed E-state index contributed by atoms with van der Waals surface area (Å²) >= 11 is 3.56. The molecule has 2 heteroatoms. The third kappa shape index (κ3) is 2.69. The van der Waals surface area contributed by atoms with Crippen molar-refractivity contribution in [2.24, 2.45) is 0 Å². The molecule has 15 heavy (non-hydrogen) atoms. The molecular formula is C13H17BrO. The zero-order valence-electron chi connectivity index (χ0n) is 9.67. The van der Waals surface area contributed by atoms with Crippen LogP contribution in [0.25, 0.3) is 0 Å². The normalized spacial score (nSPS) is 11.1. The molecule has 0 fully saturated rings. The fraction of sp³-hybridized carbons (Fsp3) is 0.462. The number of aldehydes is 1. The van der Waals surface area contributed by atoms with Crippen molar-refractivity contribution in [3.63, 3.8) is 0 Å². The lowest BCUT2D eigenvalue weighted by Gasteiger charge is -2.15. The topological polar surface area (TPSA) is 17.1 Å². The molecule has 1 aromatic rings. The molecule has 0 aliphatic carbocycles. The molecule has 0 aliphatic rings. The van der Waals surface area contributed by atoms with Crippen molar-refractivity contribution in [1.29, 1.82) is 0 Å². The molecule has 1 rings (SSSR count). The van der Waals surface area contributed by atoms with Crippen LogP contribution in [0.2, 0.25) is 0 Å².